The molecule has 0 radical (unpaired) electrons. The van der Waals surface area contributed by atoms with Gasteiger partial charge in [-0.3, -0.25) is 0 Å². The Labute approximate surface area is 99.5 Å². The van der Waals surface area contributed by atoms with Crippen LogP contribution in [0.15, 0.2) is 0 Å². The van der Waals surface area contributed by atoms with Crippen molar-refractivity contribution in [3.05, 3.63) is 0 Å². The first kappa shape index (κ1) is 13.9. The SMILES string of the molecule is CCCOC(C)C1(CCC)COC(C)OC1. The second kappa shape index (κ2) is 6.58. The summed E-state index contributed by atoms with van der Waals surface area (Å²) in [6.45, 7) is 10.8. The van der Waals surface area contributed by atoms with Crippen molar-refractivity contribution in [3.8, 4) is 0 Å². The molecule has 0 amide bonds. The van der Waals surface area contributed by atoms with Crippen molar-refractivity contribution in [2.45, 2.75) is 59.4 Å². The molecular weight excluding hydrogens is 204 g/mol. The minimum Gasteiger partial charge on any atom is -0.378 e. The maximum absolute atomic E-state index is 5.86. The highest BCUT2D eigenvalue weighted by atomic mass is 16.7. The number of rotatable bonds is 6. The maximum atomic E-state index is 5.86. The normalized spacial score (nSPS) is 32.6. The van der Waals surface area contributed by atoms with E-state index in [4.69, 9.17) is 14.2 Å². The van der Waals surface area contributed by atoms with Gasteiger partial charge in [-0.05, 0) is 26.7 Å². The van der Waals surface area contributed by atoms with E-state index in [0.717, 1.165) is 39.1 Å². The van der Waals surface area contributed by atoms with Crippen molar-refractivity contribution in [2.24, 2.45) is 5.41 Å². The Morgan fingerprint density at radius 2 is 1.88 bits per heavy atom. The van der Waals surface area contributed by atoms with Gasteiger partial charge in [0.1, 0.15) is 0 Å². The topological polar surface area (TPSA) is 27.7 Å². The molecule has 1 fully saturated rings. The largest absolute Gasteiger partial charge is 0.378 e. The summed E-state index contributed by atoms with van der Waals surface area (Å²) in [4.78, 5) is 0. The van der Waals surface area contributed by atoms with E-state index in [9.17, 15) is 0 Å². The third-order valence-corrected chi connectivity index (χ3v) is 3.39. The Kier molecular flexibility index (Phi) is 5.73. The van der Waals surface area contributed by atoms with Gasteiger partial charge in [-0.15, -0.1) is 0 Å². The van der Waals surface area contributed by atoms with Crippen LogP contribution in [0.25, 0.3) is 0 Å². The van der Waals surface area contributed by atoms with Crippen LogP contribution in [0, 0.1) is 5.41 Å². The molecule has 1 unspecified atom stereocenters. The van der Waals surface area contributed by atoms with E-state index in [1.807, 2.05) is 6.92 Å². The summed E-state index contributed by atoms with van der Waals surface area (Å²) < 4.78 is 17.2. The highest BCUT2D eigenvalue weighted by Gasteiger charge is 2.40. The molecule has 1 rings (SSSR count). The van der Waals surface area contributed by atoms with Crippen LogP contribution in [0.4, 0.5) is 0 Å². The molecule has 1 atom stereocenters. The van der Waals surface area contributed by atoms with Crippen LogP contribution in [0.5, 0.6) is 0 Å². The van der Waals surface area contributed by atoms with Gasteiger partial charge in [-0.25, -0.2) is 0 Å². The quantitative estimate of drug-likeness (QED) is 0.702. The smallest absolute Gasteiger partial charge is 0.154 e. The van der Waals surface area contributed by atoms with Crippen molar-refractivity contribution < 1.29 is 14.2 Å². The molecule has 0 aromatic heterocycles. The van der Waals surface area contributed by atoms with E-state index in [0.29, 0.717) is 0 Å². The first-order chi connectivity index (χ1) is 7.64. The lowest BCUT2D eigenvalue weighted by Crippen LogP contribution is -2.48. The zero-order valence-corrected chi connectivity index (χ0v) is 11.1. The minimum absolute atomic E-state index is 0.0520. The fourth-order valence-corrected chi connectivity index (χ4v) is 2.21. The van der Waals surface area contributed by atoms with E-state index >= 15 is 0 Å². The molecule has 0 bridgehead atoms. The van der Waals surface area contributed by atoms with Crippen molar-refractivity contribution in [1.82, 2.24) is 0 Å². The van der Waals surface area contributed by atoms with Gasteiger partial charge in [0, 0.05) is 12.0 Å². The van der Waals surface area contributed by atoms with E-state index in [1.165, 1.54) is 0 Å². The fraction of sp³-hybridized carbons (Fsp3) is 1.00. The number of hydrogen-bond acceptors (Lipinski definition) is 3. The third-order valence-electron chi connectivity index (χ3n) is 3.39. The number of hydrogen-bond donors (Lipinski definition) is 0. The van der Waals surface area contributed by atoms with E-state index < -0.39 is 0 Å². The molecule has 16 heavy (non-hydrogen) atoms. The van der Waals surface area contributed by atoms with Crippen molar-refractivity contribution in [3.63, 3.8) is 0 Å². The molecule has 0 N–H and O–H groups in total. The van der Waals surface area contributed by atoms with Crippen LogP contribution in [0.1, 0.15) is 47.0 Å². The molecule has 0 spiro atoms. The molecule has 0 aromatic carbocycles. The van der Waals surface area contributed by atoms with Crippen molar-refractivity contribution in [1.29, 1.82) is 0 Å². The Hall–Kier alpha value is -0.120. The summed E-state index contributed by atoms with van der Waals surface area (Å²) in [5.41, 5.74) is 0.0520. The Bertz CT molecular complexity index is 186. The molecular formula is C13H26O3. The fourth-order valence-electron chi connectivity index (χ4n) is 2.21. The van der Waals surface area contributed by atoms with Crippen LogP contribution in [0.2, 0.25) is 0 Å². The molecule has 0 aliphatic carbocycles. The standard InChI is InChI=1S/C13H26O3/c1-5-7-13(11(3)14-8-6-2)9-15-12(4)16-10-13/h11-12H,5-10H2,1-4H3. The Morgan fingerprint density at radius 1 is 1.25 bits per heavy atom. The average Bonchev–Trinajstić information content (AvgIpc) is 2.29. The molecule has 1 aliphatic heterocycles. The first-order valence-corrected chi connectivity index (χ1v) is 6.49. The van der Waals surface area contributed by atoms with E-state index in [-0.39, 0.29) is 17.8 Å². The number of ether oxygens (including phenoxy) is 3. The van der Waals surface area contributed by atoms with Gasteiger partial charge >= 0.3 is 0 Å². The lowest BCUT2D eigenvalue weighted by molar-refractivity contribution is -0.247. The van der Waals surface area contributed by atoms with Gasteiger partial charge in [0.05, 0.1) is 19.3 Å². The highest BCUT2D eigenvalue weighted by Crippen LogP contribution is 2.35. The Morgan fingerprint density at radius 3 is 2.38 bits per heavy atom. The minimum atomic E-state index is -0.0663. The molecule has 1 heterocycles. The monoisotopic (exact) mass is 230 g/mol. The molecule has 96 valence electrons. The van der Waals surface area contributed by atoms with Gasteiger partial charge in [-0.1, -0.05) is 20.3 Å². The van der Waals surface area contributed by atoms with Crippen molar-refractivity contribution >= 4 is 0 Å². The summed E-state index contributed by atoms with van der Waals surface area (Å²) in [5.74, 6) is 0. The predicted molar refractivity (Wildman–Crippen MR) is 64.4 cm³/mol. The van der Waals surface area contributed by atoms with Gasteiger partial charge in [-0.2, -0.15) is 0 Å². The molecule has 3 nitrogen and oxygen atoms in total. The van der Waals surface area contributed by atoms with Crippen LogP contribution in [-0.2, 0) is 14.2 Å². The highest BCUT2D eigenvalue weighted by molar-refractivity contribution is 4.87. The summed E-state index contributed by atoms with van der Waals surface area (Å²) in [5, 5.41) is 0. The summed E-state index contributed by atoms with van der Waals surface area (Å²) >= 11 is 0. The lowest BCUT2D eigenvalue weighted by Gasteiger charge is -2.43. The molecule has 3 heteroatoms. The summed E-state index contributed by atoms with van der Waals surface area (Å²) in [6, 6.07) is 0. The van der Waals surface area contributed by atoms with Crippen LogP contribution < -0.4 is 0 Å². The third kappa shape index (κ3) is 3.44. The van der Waals surface area contributed by atoms with Gasteiger partial charge < -0.3 is 14.2 Å². The first-order valence-electron chi connectivity index (χ1n) is 6.49. The second-order valence-electron chi connectivity index (χ2n) is 4.82. The van der Waals surface area contributed by atoms with Crippen LogP contribution >= 0.6 is 0 Å². The van der Waals surface area contributed by atoms with Crippen LogP contribution in [0.3, 0.4) is 0 Å². The van der Waals surface area contributed by atoms with Crippen molar-refractivity contribution in [2.75, 3.05) is 19.8 Å². The lowest BCUT2D eigenvalue weighted by atomic mass is 9.79. The zero-order chi connectivity index (χ0) is 12.0. The van der Waals surface area contributed by atoms with Gasteiger partial charge in [0.2, 0.25) is 0 Å². The molecule has 0 aromatic rings. The summed E-state index contributed by atoms with van der Waals surface area (Å²) in [6.07, 6.45) is 3.44. The molecule has 1 aliphatic rings. The average molecular weight is 230 g/mol. The molecule has 1 saturated heterocycles. The van der Waals surface area contributed by atoms with E-state index in [2.05, 4.69) is 20.8 Å². The summed E-state index contributed by atoms with van der Waals surface area (Å²) in [7, 11) is 0. The zero-order valence-electron chi connectivity index (χ0n) is 11.1. The van der Waals surface area contributed by atoms with Crippen LogP contribution in [-0.4, -0.2) is 32.2 Å². The maximum Gasteiger partial charge on any atom is 0.154 e. The Balaban J connectivity index is 2.57. The predicted octanol–water partition coefficient (Wildman–Crippen LogP) is 2.98. The molecule has 0 saturated carbocycles. The van der Waals surface area contributed by atoms with Gasteiger partial charge in [0.25, 0.3) is 0 Å². The van der Waals surface area contributed by atoms with E-state index in [1.54, 1.807) is 0 Å². The second-order valence-corrected chi connectivity index (χ2v) is 4.82. The van der Waals surface area contributed by atoms with Gasteiger partial charge in [0.15, 0.2) is 6.29 Å².